The Kier molecular flexibility index (Phi) is 14.6. The van der Waals surface area contributed by atoms with E-state index in [0.717, 1.165) is 37.7 Å². The van der Waals surface area contributed by atoms with Crippen LogP contribution in [0.4, 0.5) is 0 Å². The van der Waals surface area contributed by atoms with Gasteiger partial charge in [0.1, 0.15) is 5.75 Å². The van der Waals surface area contributed by atoms with Gasteiger partial charge in [-0.1, -0.05) is 86.6 Å². The van der Waals surface area contributed by atoms with Crippen LogP contribution >= 0.6 is 0 Å². The second kappa shape index (κ2) is 17.1. The number of aromatic hydroxyl groups is 1. The van der Waals surface area contributed by atoms with Gasteiger partial charge in [0.05, 0.1) is 0 Å². The van der Waals surface area contributed by atoms with Gasteiger partial charge in [-0.15, -0.1) is 0 Å². The van der Waals surface area contributed by atoms with Crippen molar-refractivity contribution in [1.82, 2.24) is 0 Å². The highest BCUT2D eigenvalue weighted by atomic mass is 16.3. The molecule has 154 valence electrons. The molecular formula is C26H39NO. The average Bonchev–Trinajstić information content (AvgIpc) is 2.71. The predicted molar refractivity (Wildman–Crippen MR) is 124 cm³/mol. The third-order valence-electron chi connectivity index (χ3n) is 4.71. The van der Waals surface area contributed by atoms with E-state index in [1.54, 1.807) is 6.07 Å². The quantitative estimate of drug-likeness (QED) is 0.249. The summed E-state index contributed by atoms with van der Waals surface area (Å²) >= 11 is 0. The van der Waals surface area contributed by atoms with Gasteiger partial charge in [-0.25, -0.2) is 0 Å². The molecule has 0 amide bonds. The number of hydrogen-bond donors (Lipinski definition) is 2. The summed E-state index contributed by atoms with van der Waals surface area (Å²) in [5.41, 5.74) is 6.65. The van der Waals surface area contributed by atoms with Crippen molar-refractivity contribution >= 4 is 0 Å². The van der Waals surface area contributed by atoms with Crippen LogP contribution in [0.15, 0.2) is 72.9 Å². The number of unbranched alkanes of at least 4 members (excludes halogenated alkanes) is 3. The van der Waals surface area contributed by atoms with Gasteiger partial charge in [0.15, 0.2) is 0 Å². The number of allylic oxidation sites excluding steroid dienone is 8. The van der Waals surface area contributed by atoms with E-state index >= 15 is 0 Å². The lowest BCUT2D eigenvalue weighted by molar-refractivity contribution is 0.463. The highest BCUT2D eigenvalue weighted by Crippen LogP contribution is 2.30. The maximum Gasteiger partial charge on any atom is 0.119 e. The molecule has 0 radical (unpaired) electrons. The minimum absolute atomic E-state index is 0.224. The SMILES string of the molecule is CCCCC/C=C\C/C=C\C/C=C\C/C=C\C(CCCN)c1ccccc1O. The van der Waals surface area contributed by atoms with Crippen LogP contribution < -0.4 is 5.73 Å². The molecule has 0 spiro atoms. The second-order valence-corrected chi connectivity index (χ2v) is 7.14. The molecule has 2 heteroatoms. The molecule has 1 atom stereocenters. The molecule has 2 nitrogen and oxygen atoms in total. The van der Waals surface area contributed by atoms with E-state index < -0.39 is 0 Å². The van der Waals surface area contributed by atoms with Crippen LogP contribution in [0.1, 0.15) is 76.2 Å². The zero-order chi connectivity index (χ0) is 20.3. The summed E-state index contributed by atoms with van der Waals surface area (Å²) in [5, 5.41) is 10.1. The Bertz CT molecular complexity index is 613. The van der Waals surface area contributed by atoms with Crippen molar-refractivity contribution in [1.29, 1.82) is 0 Å². The van der Waals surface area contributed by atoms with Gasteiger partial charge in [0.2, 0.25) is 0 Å². The number of nitrogens with two attached hydrogens (primary N) is 1. The minimum Gasteiger partial charge on any atom is -0.508 e. The smallest absolute Gasteiger partial charge is 0.119 e. The molecule has 1 rings (SSSR count). The summed E-state index contributed by atoms with van der Waals surface area (Å²) in [4.78, 5) is 0. The average molecular weight is 382 g/mol. The number of rotatable bonds is 15. The standard InChI is InChI=1S/C26H39NO/c1-2-3-4-5-6-7-8-9-10-11-12-13-14-15-19-24(20-18-23-27)25-21-16-17-22-26(25)28/h6-7,9-10,12-13,15-17,19,21-22,24,28H,2-5,8,11,14,18,20,23,27H2,1H3/b7-6-,10-9-,13-12-,19-15-. The number of phenolic OH excluding ortho intramolecular Hbond substituents is 1. The van der Waals surface area contributed by atoms with Crippen LogP contribution in [0, 0.1) is 0 Å². The predicted octanol–water partition coefficient (Wildman–Crippen LogP) is 7.19. The summed E-state index contributed by atoms with van der Waals surface area (Å²) in [6.45, 7) is 2.92. The molecule has 0 saturated heterocycles. The van der Waals surface area contributed by atoms with E-state index in [1.807, 2.05) is 18.2 Å². The van der Waals surface area contributed by atoms with Gasteiger partial charge in [-0.3, -0.25) is 0 Å². The van der Waals surface area contributed by atoms with Crippen molar-refractivity contribution < 1.29 is 5.11 Å². The molecule has 1 aromatic rings. The maximum absolute atomic E-state index is 10.1. The fourth-order valence-electron chi connectivity index (χ4n) is 3.08. The fraction of sp³-hybridized carbons (Fsp3) is 0.462. The third kappa shape index (κ3) is 11.6. The number of phenols is 1. The lowest BCUT2D eigenvalue weighted by Gasteiger charge is -2.14. The van der Waals surface area contributed by atoms with Gasteiger partial charge in [0.25, 0.3) is 0 Å². The first-order valence-corrected chi connectivity index (χ1v) is 10.9. The highest BCUT2D eigenvalue weighted by Gasteiger charge is 2.11. The van der Waals surface area contributed by atoms with E-state index in [1.165, 1.54) is 25.7 Å². The fourth-order valence-corrected chi connectivity index (χ4v) is 3.08. The Morgan fingerprint density at radius 1 is 0.857 bits per heavy atom. The lowest BCUT2D eigenvalue weighted by Crippen LogP contribution is -2.03. The molecule has 0 saturated carbocycles. The van der Waals surface area contributed by atoms with E-state index in [-0.39, 0.29) is 5.92 Å². The van der Waals surface area contributed by atoms with E-state index in [0.29, 0.717) is 12.3 Å². The molecule has 0 aliphatic heterocycles. The number of hydrogen-bond acceptors (Lipinski definition) is 2. The molecule has 28 heavy (non-hydrogen) atoms. The largest absolute Gasteiger partial charge is 0.508 e. The van der Waals surface area contributed by atoms with Gasteiger partial charge in [-0.2, -0.15) is 0 Å². The molecule has 1 unspecified atom stereocenters. The summed E-state index contributed by atoms with van der Waals surface area (Å²) in [6.07, 6.45) is 27.8. The first-order valence-electron chi connectivity index (χ1n) is 10.9. The normalized spacial score (nSPS) is 13.5. The zero-order valence-corrected chi connectivity index (χ0v) is 17.6. The maximum atomic E-state index is 10.1. The molecule has 0 aliphatic carbocycles. The summed E-state index contributed by atoms with van der Waals surface area (Å²) in [6, 6.07) is 7.59. The Morgan fingerprint density at radius 3 is 2.14 bits per heavy atom. The van der Waals surface area contributed by atoms with Crippen LogP contribution in [0.2, 0.25) is 0 Å². The molecule has 0 aromatic heterocycles. The van der Waals surface area contributed by atoms with Gasteiger partial charge >= 0.3 is 0 Å². The first kappa shape index (κ1) is 24.0. The Balaban J connectivity index is 2.30. The second-order valence-electron chi connectivity index (χ2n) is 7.14. The van der Waals surface area contributed by atoms with E-state index in [2.05, 4.69) is 55.5 Å². The monoisotopic (exact) mass is 381 g/mol. The molecule has 3 N–H and O–H groups in total. The van der Waals surface area contributed by atoms with Crippen molar-refractivity contribution in [2.24, 2.45) is 5.73 Å². The van der Waals surface area contributed by atoms with Crippen LogP contribution in [-0.4, -0.2) is 11.7 Å². The highest BCUT2D eigenvalue weighted by molar-refractivity contribution is 5.37. The molecule has 0 bridgehead atoms. The van der Waals surface area contributed by atoms with Gasteiger partial charge in [-0.05, 0) is 57.6 Å². The van der Waals surface area contributed by atoms with E-state index in [9.17, 15) is 5.11 Å². The first-order chi connectivity index (χ1) is 13.8. The molecular weight excluding hydrogens is 342 g/mol. The Hall–Kier alpha value is -2.06. The molecule has 0 aliphatic rings. The molecule has 1 aromatic carbocycles. The zero-order valence-electron chi connectivity index (χ0n) is 17.6. The van der Waals surface area contributed by atoms with Crippen molar-refractivity contribution in [3.63, 3.8) is 0 Å². The van der Waals surface area contributed by atoms with Crippen molar-refractivity contribution in [3.05, 3.63) is 78.4 Å². The Morgan fingerprint density at radius 2 is 1.50 bits per heavy atom. The molecule has 0 heterocycles. The minimum atomic E-state index is 0.224. The van der Waals surface area contributed by atoms with Gasteiger partial charge in [0, 0.05) is 11.5 Å². The van der Waals surface area contributed by atoms with Crippen molar-refractivity contribution in [2.45, 2.75) is 70.6 Å². The lowest BCUT2D eigenvalue weighted by atomic mass is 9.92. The molecule has 0 fully saturated rings. The number of para-hydroxylation sites is 1. The summed E-state index contributed by atoms with van der Waals surface area (Å²) in [7, 11) is 0. The summed E-state index contributed by atoms with van der Waals surface area (Å²) < 4.78 is 0. The van der Waals surface area contributed by atoms with E-state index in [4.69, 9.17) is 5.73 Å². The summed E-state index contributed by atoms with van der Waals surface area (Å²) in [5.74, 6) is 0.594. The van der Waals surface area contributed by atoms with Crippen LogP contribution in [0.5, 0.6) is 5.75 Å². The topological polar surface area (TPSA) is 46.2 Å². The van der Waals surface area contributed by atoms with Crippen LogP contribution in [0.3, 0.4) is 0 Å². The Labute approximate surface area is 172 Å². The third-order valence-corrected chi connectivity index (χ3v) is 4.71. The van der Waals surface area contributed by atoms with Crippen LogP contribution in [0.25, 0.3) is 0 Å². The van der Waals surface area contributed by atoms with Crippen molar-refractivity contribution in [3.8, 4) is 5.75 Å². The number of benzene rings is 1. The van der Waals surface area contributed by atoms with Crippen LogP contribution in [-0.2, 0) is 0 Å². The van der Waals surface area contributed by atoms with Crippen molar-refractivity contribution in [2.75, 3.05) is 6.54 Å². The van der Waals surface area contributed by atoms with Gasteiger partial charge < -0.3 is 10.8 Å².